The van der Waals surface area contributed by atoms with E-state index >= 15 is 0 Å². The molecule has 1 amide bonds. The maximum absolute atomic E-state index is 12.1. The molecule has 1 aliphatic rings. The number of nitrogens with zero attached hydrogens (tertiary/aromatic N) is 2. The molecule has 0 radical (unpaired) electrons. The Morgan fingerprint density at radius 3 is 2.10 bits per heavy atom. The van der Waals surface area contributed by atoms with Gasteiger partial charge in [0.25, 0.3) is 5.91 Å². The topological polar surface area (TPSA) is 71.8 Å². The zero-order chi connectivity index (χ0) is 22.2. The number of carbonyl (C=O) groups is 1. The van der Waals surface area contributed by atoms with Crippen molar-refractivity contribution in [1.29, 1.82) is 0 Å². The Bertz CT molecular complexity index is 1030. The minimum absolute atomic E-state index is 0.00764. The summed E-state index contributed by atoms with van der Waals surface area (Å²) in [6, 6.07) is 21.1. The van der Waals surface area contributed by atoms with Crippen LogP contribution in [-0.2, 0) is 17.7 Å². The number of carbonyl (C=O) groups excluding carboxylic acids is 1. The third-order valence-electron chi connectivity index (χ3n) is 4.97. The predicted molar refractivity (Wildman–Crippen MR) is 121 cm³/mol. The van der Waals surface area contributed by atoms with Crippen molar-refractivity contribution in [2.75, 3.05) is 26.8 Å². The number of hydrogen-bond acceptors (Lipinski definition) is 4. The van der Waals surface area contributed by atoms with E-state index in [0.717, 1.165) is 6.42 Å². The van der Waals surface area contributed by atoms with Crippen LogP contribution in [0.15, 0.2) is 71.7 Å². The Morgan fingerprint density at radius 2 is 1.55 bits per heavy atom. The molecule has 31 heavy (non-hydrogen) atoms. The zero-order valence-corrected chi connectivity index (χ0v) is 18.1. The fraction of sp³-hybridized carbons (Fsp3) is 0.250. The lowest BCUT2D eigenvalue weighted by Gasteiger charge is -2.30. The number of benzene rings is 2. The highest BCUT2D eigenvalue weighted by Crippen LogP contribution is 2.21. The molecule has 6 nitrogen and oxygen atoms in total. The van der Waals surface area contributed by atoms with E-state index < -0.39 is 11.2 Å². The van der Waals surface area contributed by atoms with Gasteiger partial charge in [-0.1, -0.05) is 72.3 Å². The third kappa shape index (κ3) is 5.75. The number of hydrogen-bond donors (Lipinski definition) is 1. The number of halogens is 1. The summed E-state index contributed by atoms with van der Waals surface area (Å²) in [5.74, 6) is -0.973. The summed E-state index contributed by atoms with van der Waals surface area (Å²) >= 11 is 5.68. The van der Waals surface area contributed by atoms with E-state index in [4.69, 9.17) is 16.3 Å². The van der Waals surface area contributed by atoms with E-state index in [2.05, 4.69) is 60.7 Å². The molecular weight excluding hydrogens is 416 g/mol. The fourth-order valence-electron chi connectivity index (χ4n) is 3.34. The molecule has 3 aromatic rings. The van der Waals surface area contributed by atoms with Crippen LogP contribution in [0.3, 0.4) is 0 Å². The molecule has 162 valence electrons. The van der Waals surface area contributed by atoms with Crippen LogP contribution in [0.2, 0.25) is 5.02 Å². The average Bonchev–Trinajstić information content (AvgIpc) is 2.79. The first kappa shape index (κ1) is 22.6. The zero-order valence-electron chi connectivity index (χ0n) is 17.3. The van der Waals surface area contributed by atoms with Gasteiger partial charge in [-0.2, -0.15) is 0 Å². The minimum Gasteiger partial charge on any atom is -0.503 e. The van der Waals surface area contributed by atoms with Crippen molar-refractivity contribution >= 4 is 17.5 Å². The van der Waals surface area contributed by atoms with E-state index in [1.54, 1.807) is 7.11 Å². The molecule has 1 aromatic heterocycles. The number of pyridine rings is 1. The lowest BCUT2D eigenvalue weighted by molar-refractivity contribution is 0.0634. The van der Waals surface area contributed by atoms with Crippen LogP contribution in [0.5, 0.6) is 5.75 Å². The number of methoxy groups -OCH3 is 1. The summed E-state index contributed by atoms with van der Waals surface area (Å²) < 4.78 is 6.41. The Morgan fingerprint density at radius 1 is 0.968 bits per heavy atom. The molecule has 0 unspecified atom stereocenters. The van der Waals surface area contributed by atoms with Crippen molar-refractivity contribution in [3.05, 3.63) is 98.9 Å². The van der Waals surface area contributed by atoms with Crippen LogP contribution in [0.4, 0.5) is 0 Å². The molecule has 0 aliphatic carbocycles. The molecule has 0 saturated heterocycles. The van der Waals surface area contributed by atoms with Crippen LogP contribution < -0.4 is 5.43 Å². The maximum Gasteiger partial charge on any atom is 0.274 e. The van der Waals surface area contributed by atoms with Gasteiger partial charge in [0.1, 0.15) is 5.02 Å². The lowest BCUT2D eigenvalue weighted by Crippen LogP contribution is -2.43. The van der Waals surface area contributed by atoms with Crippen LogP contribution in [0.1, 0.15) is 21.6 Å². The van der Waals surface area contributed by atoms with Gasteiger partial charge >= 0.3 is 0 Å². The number of rotatable bonds is 5. The van der Waals surface area contributed by atoms with Gasteiger partial charge < -0.3 is 19.3 Å². The van der Waals surface area contributed by atoms with Gasteiger partial charge in [-0.25, -0.2) is 0 Å². The van der Waals surface area contributed by atoms with Gasteiger partial charge in [-0.3, -0.25) is 9.59 Å². The highest BCUT2D eigenvalue weighted by molar-refractivity contribution is 6.30. The van der Waals surface area contributed by atoms with Gasteiger partial charge in [-0.05, 0) is 17.5 Å². The molecule has 0 saturated carbocycles. The smallest absolute Gasteiger partial charge is 0.274 e. The molecule has 0 spiro atoms. The molecule has 0 bridgehead atoms. The quantitative estimate of drug-likeness (QED) is 0.658. The summed E-state index contributed by atoms with van der Waals surface area (Å²) in [6.07, 6.45) is 2.41. The largest absolute Gasteiger partial charge is 0.503 e. The summed E-state index contributed by atoms with van der Waals surface area (Å²) in [5.41, 5.74) is 2.01. The highest BCUT2D eigenvalue weighted by Gasteiger charge is 2.28. The third-order valence-corrected chi connectivity index (χ3v) is 5.24. The van der Waals surface area contributed by atoms with E-state index in [0.29, 0.717) is 26.2 Å². The Balaban J connectivity index is 0.000000185. The highest BCUT2D eigenvalue weighted by atomic mass is 35.5. The summed E-state index contributed by atoms with van der Waals surface area (Å²) in [5, 5.41) is 9.65. The van der Waals surface area contributed by atoms with Crippen molar-refractivity contribution in [2.24, 2.45) is 0 Å². The summed E-state index contributed by atoms with van der Waals surface area (Å²) in [4.78, 5) is 25.2. The normalized spacial score (nSPS) is 12.7. The van der Waals surface area contributed by atoms with Crippen LogP contribution in [-0.4, -0.2) is 47.3 Å². The SMILES string of the molecule is COCCN1CCn2cc(Cl)c(=O)c(O)c2C1=O.c1ccc(Cc2ccccc2)cc1. The van der Waals surface area contributed by atoms with Gasteiger partial charge in [0.05, 0.1) is 6.61 Å². The lowest BCUT2D eigenvalue weighted by atomic mass is 10.1. The predicted octanol–water partition coefficient (Wildman–Crippen LogP) is 3.59. The Labute approximate surface area is 186 Å². The molecule has 2 heterocycles. The molecular formula is C24H25ClN2O4. The standard InChI is InChI=1S/C13H12.C11H13ClN2O4/c1-3-7-12(8-4-1)11-13-9-5-2-6-10-13;1-18-5-4-13-2-3-14-6-7(12)9(15)10(16)8(14)11(13)17/h1-10H,11H2;6,16H,2-5H2,1H3. The van der Waals surface area contributed by atoms with E-state index in [-0.39, 0.29) is 16.6 Å². The van der Waals surface area contributed by atoms with Gasteiger partial charge in [-0.15, -0.1) is 0 Å². The first-order chi connectivity index (χ1) is 15.0. The molecule has 0 atom stereocenters. The Kier molecular flexibility index (Phi) is 7.87. The Hall–Kier alpha value is -3.09. The monoisotopic (exact) mass is 440 g/mol. The minimum atomic E-state index is -0.718. The molecule has 0 fully saturated rings. The fourth-order valence-corrected chi connectivity index (χ4v) is 3.55. The van der Waals surface area contributed by atoms with Gasteiger partial charge in [0, 0.05) is 32.9 Å². The first-order valence-electron chi connectivity index (χ1n) is 9.99. The molecule has 4 rings (SSSR count). The molecule has 1 N–H and O–H groups in total. The van der Waals surface area contributed by atoms with E-state index in [1.165, 1.54) is 26.8 Å². The average molecular weight is 441 g/mol. The number of aromatic nitrogens is 1. The second kappa shape index (κ2) is 10.8. The van der Waals surface area contributed by atoms with Crippen LogP contribution in [0, 0.1) is 0 Å². The van der Waals surface area contributed by atoms with Crippen molar-refractivity contribution in [3.8, 4) is 5.75 Å². The van der Waals surface area contributed by atoms with Crippen LogP contribution >= 0.6 is 11.6 Å². The van der Waals surface area contributed by atoms with E-state index in [9.17, 15) is 14.7 Å². The van der Waals surface area contributed by atoms with Crippen molar-refractivity contribution in [3.63, 3.8) is 0 Å². The van der Waals surface area contributed by atoms with Crippen LogP contribution in [0.25, 0.3) is 0 Å². The van der Waals surface area contributed by atoms with E-state index in [1.807, 2.05) is 0 Å². The van der Waals surface area contributed by atoms with Gasteiger partial charge in [0.15, 0.2) is 11.4 Å². The number of aromatic hydroxyl groups is 1. The second-order valence-electron chi connectivity index (χ2n) is 7.13. The first-order valence-corrected chi connectivity index (χ1v) is 10.4. The second-order valence-corrected chi connectivity index (χ2v) is 7.54. The summed E-state index contributed by atoms with van der Waals surface area (Å²) in [6.45, 7) is 1.81. The molecule has 7 heteroatoms. The van der Waals surface area contributed by atoms with Crippen molar-refractivity contribution in [2.45, 2.75) is 13.0 Å². The maximum atomic E-state index is 12.1. The van der Waals surface area contributed by atoms with Crippen molar-refractivity contribution in [1.82, 2.24) is 9.47 Å². The number of amides is 1. The number of ether oxygens (including phenoxy) is 1. The summed E-state index contributed by atoms with van der Waals surface area (Å²) in [7, 11) is 1.55. The molecule has 2 aromatic carbocycles. The van der Waals surface area contributed by atoms with Crippen molar-refractivity contribution < 1.29 is 14.6 Å². The number of fused-ring (bicyclic) bond motifs is 1. The van der Waals surface area contributed by atoms with Gasteiger partial charge in [0.2, 0.25) is 5.43 Å². The molecule has 1 aliphatic heterocycles.